The number of ketones is 1. The largest absolute Gasteiger partial charge is 0.496 e. The molecule has 0 spiro atoms. The van der Waals surface area contributed by atoms with Crippen molar-refractivity contribution < 1.29 is 9.53 Å². The maximum Gasteiger partial charge on any atom is 0.176 e. The van der Waals surface area contributed by atoms with Gasteiger partial charge >= 0.3 is 0 Å². The maximum atomic E-state index is 12.1. The van der Waals surface area contributed by atoms with Crippen LogP contribution in [0.5, 0.6) is 5.75 Å². The highest BCUT2D eigenvalue weighted by molar-refractivity contribution is 7.99. The zero-order valence-electron chi connectivity index (χ0n) is 11.7. The van der Waals surface area contributed by atoms with Crippen LogP contribution in [0.1, 0.15) is 36.2 Å². The molecule has 1 rings (SSSR count). The van der Waals surface area contributed by atoms with E-state index < -0.39 is 0 Å². The molecule has 0 aliphatic heterocycles. The number of aryl methyl sites for hydroxylation is 1. The minimum atomic E-state index is 0.153. The molecule has 0 heterocycles. The Hall–Kier alpha value is -0.960. The smallest absolute Gasteiger partial charge is 0.176 e. The molecule has 0 bridgehead atoms. The highest BCUT2D eigenvalue weighted by atomic mass is 32.2. The zero-order valence-corrected chi connectivity index (χ0v) is 12.5. The molecule has 0 saturated heterocycles. The van der Waals surface area contributed by atoms with E-state index in [0.717, 1.165) is 17.7 Å². The molecule has 0 radical (unpaired) electrons. The summed E-state index contributed by atoms with van der Waals surface area (Å²) in [4.78, 5) is 12.1. The highest BCUT2D eigenvalue weighted by Crippen LogP contribution is 2.22. The second-order valence-electron chi connectivity index (χ2n) is 4.66. The van der Waals surface area contributed by atoms with Crippen LogP contribution in [0.3, 0.4) is 0 Å². The Bertz CT molecular complexity index is 401. The van der Waals surface area contributed by atoms with Gasteiger partial charge in [0.05, 0.1) is 18.4 Å². The molecule has 0 amide bonds. The molecule has 18 heavy (non-hydrogen) atoms. The van der Waals surface area contributed by atoms with Gasteiger partial charge in [0.15, 0.2) is 5.78 Å². The van der Waals surface area contributed by atoms with Crippen molar-refractivity contribution in [2.24, 2.45) is 5.92 Å². The summed E-state index contributed by atoms with van der Waals surface area (Å²) in [5, 5.41) is 0. The van der Waals surface area contributed by atoms with E-state index in [1.165, 1.54) is 0 Å². The molecular formula is C15H22O2S. The molecule has 0 aromatic heterocycles. The van der Waals surface area contributed by atoms with Gasteiger partial charge in [-0.2, -0.15) is 11.8 Å². The molecule has 1 unspecified atom stereocenters. The van der Waals surface area contributed by atoms with Crippen LogP contribution in [-0.4, -0.2) is 24.4 Å². The minimum absolute atomic E-state index is 0.153. The van der Waals surface area contributed by atoms with Crippen LogP contribution < -0.4 is 4.74 Å². The van der Waals surface area contributed by atoms with Gasteiger partial charge in [-0.25, -0.2) is 0 Å². The van der Waals surface area contributed by atoms with Crippen molar-refractivity contribution in [2.45, 2.75) is 27.2 Å². The lowest BCUT2D eigenvalue weighted by atomic mass is 10.1. The quantitative estimate of drug-likeness (QED) is 0.699. The Morgan fingerprint density at radius 2 is 2.17 bits per heavy atom. The van der Waals surface area contributed by atoms with Crippen LogP contribution in [0.4, 0.5) is 0 Å². The summed E-state index contributed by atoms with van der Waals surface area (Å²) < 4.78 is 5.27. The van der Waals surface area contributed by atoms with Gasteiger partial charge in [0.2, 0.25) is 0 Å². The maximum absolute atomic E-state index is 12.1. The Balaban J connectivity index is 2.61. The second kappa shape index (κ2) is 7.47. The third-order valence-electron chi connectivity index (χ3n) is 2.99. The number of rotatable bonds is 7. The molecular weight excluding hydrogens is 244 g/mol. The molecule has 2 nitrogen and oxygen atoms in total. The van der Waals surface area contributed by atoms with Crippen molar-refractivity contribution in [1.29, 1.82) is 0 Å². The number of thioether (sulfide) groups is 1. The third-order valence-corrected chi connectivity index (χ3v) is 4.26. The fourth-order valence-corrected chi connectivity index (χ4v) is 2.67. The molecule has 1 aromatic rings. The monoisotopic (exact) mass is 266 g/mol. The summed E-state index contributed by atoms with van der Waals surface area (Å²) in [5.74, 6) is 3.08. The van der Waals surface area contributed by atoms with Crippen molar-refractivity contribution in [3.05, 3.63) is 29.3 Å². The Morgan fingerprint density at radius 1 is 1.44 bits per heavy atom. The highest BCUT2D eigenvalue weighted by Gasteiger charge is 2.12. The predicted molar refractivity (Wildman–Crippen MR) is 78.8 cm³/mol. The molecule has 1 atom stereocenters. The van der Waals surface area contributed by atoms with Crippen LogP contribution in [0.25, 0.3) is 0 Å². The second-order valence-corrected chi connectivity index (χ2v) is 5.69. The molecule has 3 heteroatoms. The molecule has 1 aromatic carbocycles. The standard InChI is InChI=1S/C15H22O2S/c1-5-11(2)9-18-10-14(16)13-7-6-12(3)8-15(13)17-4/h6-8,11H,5,9-10H2,1-4H3. The average molecular weight is 266 g/mol. The molecule has 0 aliphatic rings. The van der Waals surface area contributed by atoms with E-state index in [4.69, 9.17) is 4.74 Å². The number of benzene rings is 1. The van der Waals surface area contributed by atoms with E-state index in [-0.39, 0.29) is 5.78 Å². The first-order chi connectivity index (χ1) is 8.58. The topological polar surface area (TPSA) is 26.3 Å². The predicted octanol–water partition coefficient (Wildman–Crippen LogP) is 3.97. The SMILES string of the molecule is CCC(C)CSCC(=O)c1ccc(C)cc1OC. The van der Waals surface area contributed by atoms with Gasteiger partial charge in [0.1, 0.15) is 5.75 Å². The minimum Gasteiger partial charge on any atom is -0.496 e. The molecule has 0 fully saturated rings. The van der Waals surface area contributed by atoms with Crippen LogP contribution in [0.15, 0.2) is 18.2 Å². The molecule has 0 N–H and O–H groups in total. The molecule has 0 aliphatic carbocycles. The van der Waals surface area contributed by atoms with Crippen LogP contribution in [0.2, 0.25) is 0 Å². The van der Waals surface area contributed by atoms with E-state index >= 15 is 0 Å². The first kappa shape index (κ1) is 15.1. The molecule has 100 valence electrons. The number of ether oxygens (including phenoxy) is 1. The van der Waals surface area contributed by atoms with Crippen LogP contribution >= 0.6 is 11.8 Å². The third kappa shape index (κ3) is 4.37. The van der Waals surface area contributed by atoms with Crippen molar-refractivity contribution in [3.8, 4) is 5.75 Å². The number of carbonyl (C=O) groups is 1. The summed E-state index contributed by atoms with van der Waals surface area (Å²) >= 11 is 1.71. The van der Waals surface area contributed by atoms with E-state index in [2.05, 4.69) is 13.8 Å². The number of methoxy groups -OCH3 is 1. The van der Waals surface area contributed by atoms with E-state index in [1.54, 1.807) is 18.9 Å². The van der Waals surface area contributed by atoms with Gasteiger partial charge < -0.3 is 4.74 Å². The van der Waals surface area contributed by atoms with Gasteiger partial charge in [-0.15, -0.1) is 0 Å². The van der Waals surface area contributed by atoms with Crippen molar-refractivity contribution in [3.63, 3.8) is 0 Å². The van der Waals surface area contributed by atoms with E-state index in [1.807, 2.05) is 25.1 Å². The number of hydrogen-bond donors (Lipinski definition) is 0. The van der Waals surface area contributed by atoms with Crippen LogP contribution in [-0.2, 0) is 0 Å². The van der Waals surface area contributed by atoms with Crippen molar-refractivity contribution >= 4 is 17.5 Å². The normalized spacial score (nSPS) is 12.2. The molecule has 0 saturated carbocycles. The zero-order chi connectivity index (χ0) is 13.5. The van der Waals surface area contributed by atoms with Gasteiger partial charge in [-0.3, -0.25) is 4.79 Å². The average Bonchev–Trinajstić information content (AvgIpc) is 2.37. The van der Waals surface area contributed by atoms with Gasteiger partial charge in [-0.05, 0) is 36.3 Å². The first-order valence-electron chi connectivity index (χ1n) is 6.34. The fourth-order valence-electron chi connectivity index (χ4n) is 1.58. The number of hydrogen-bond acceptors (Lipinski definition) is 3. The summed E-state index contributed by atoms with van der Waals surface area (Å²) in [6.07, 6.45) is 1.16. The Kier molecular flexibility index (Phi) is 6.27. The van der Waals surface area contributed by atoms with Crippen LogP contribution in [0, 0.1) is 12.8 Å². The first-order valence-corrected chi connectivity index (χ1v) is 7.49. The number of carbonyl (C=O) groups excluding carboxylic acids is 1. The van der Waals surface area contributed by atoms with E-state index in [0.29, 0.717) is 23.0 Å². The summed E-state index contributed by atoms with van der Waals surface area (Å²) in [6, 6.07) is 5.72. The van der Waals surface area contributed by atoms with Crippen molar-refractivity contribution in [2.75, 3.05) is 18.6 Å². The van der Waals surface area contributed by atoms with Gasteiger partial charge in [0, 0.05) is 0 Å². The van der Waals surface area contributed by atoms with Crippen molar-refractivity contribution in [1.82, 2.24) is 0 Å². The lowest BCUT2D eigenvalue weighted by Gasteiger charge is -2.10. The fraction of sp³-hybridized carbons (Fsp3) is 0.533. The Labute approximate surface area is 114 Å². The summed E-state index contributed by atoms with van der Waals surface area (Å²) in [6.45, 7) is 6.38. The number of Topliss-reactive ketones (excluding diaryl/α,β-unsaturated/α-hetero) is 1. The Morgan fingerprint density at radius 3 is 2.78 bits per heavy atom. The van der Waals surface area contributed by atoms with E-state index in [9.17, 15) is 4.79 Å². The van der Waals surface area contributed by atoms with Gasteiger partial charge in [0.25, 0.3) is 0 Å². The summed E-state index contributed by atoms with van der Waals surface area (Å²) in [5.41, 5.74) is 1.80. The lowest BCUT2D eigenvalue weighted by Crippen LogP contribution is -2.07. The summed E-state index contributed by atoms with van der Waals surface area (Å²) in [7, 11) is 1.61. The lowest BCUT2D eigenvalue weighted by molar-refractivity contribution is 0.101. The van der Waals surface area contributed by atoms with Gasteiger partial charge in [-0.1, -0.05) is 26.3 Å².